The summed E-state index contributed by atoms with van der Waals surface area (Å²) < 4.78 is 0. The summed E-state index contributed by atoms with van der Waals surface area (Å²) in [4.78, 5) is 31.0. The Morgan fingerprint density at radius 3 is 2.50 bits per heavy atom. The summed E-state index contributed by atoms with van der Waals surface area (Å²) in [6.07, 6.45) is 1.74. The molecule has 108 valence electrons. The van der Waals surface area contributed by atoms with Crippen molar-refractivity contribution in [2.45, 2.75) is 13.5 Å². The van der Waals surface area contributed by atoms with Crippen LogP contribution in [-0.4, -0.2) is 59.3 Å². The SMILES string of the molecule is CC(=O)N1CCN(C(=O)CNCc2ccccn2)CC1. The van der Waals surface area contributed by atoms with E-state index < -0.39 is 0 Å². The standard InChI is InChI=1S/C14H20N4O2/c1-12(19)17-6-8-18(9-7-17)14(20)11-15-10-13-4-2-3-5-16-13/h2-5,15H,6-11H2,1H3. The van der Waals surface area contributed by atoms with Crippen LogP contribution in [0.5, 0.6) is 0 Å². The van der Waals surface area contributed by atoms with Crippen LogP contribution in [-0.2, 0) is 16.1 Å². The number of nitrogens with zero attached hydrogens (tertiary/aromatic N) is 3. The lowest BCUT2D eigenvalue weighted by Gasteiger charge is -2.34. The maximum atomic E-state index is 12.0. The highest BCUT2D eigenvalue weighted by atomic mass is 16.2. The minimum Gasteiger partial charge on any atom is -0.339 e. The van der Waals surface area contributed by atoms with Crippen molar-refractivity contribution >= 4 is 11.8 Å². The number of hydrogen-bond acceptors (Lipinski definition) is 4. The summed E-state index contributed by atoms with van der Waals surface area (Å²) in [5, 5.41) is 3.10. The lowest BCUT2D eigenvalue weighted by atomic mass is 10.3. The van der Waals surface area contributed by atoms with Gasteiger partial charge in [0.25, 0.3) is 0 Å². The Hall–Kier alpha value is -1.95. The highest BCUT2D eigenvalue weighted by Gasteiger charge is 2.21. The molecule has 0 bridgehead atoms. The minimum absolute atomic E-state index is 0.0733. The van der Waals surface area contributed by atoms with Crippen LogP contribution in [0, 0.1) is 0 Å². The van der Waals surface area contributed by atoms with Gasteiger partial charge in [-0.05, 0) is 12.1 Å². The number of carbonyl (C=O) groups excluding carboxylic acids is 2. The predicted molar refractivity (Wildman–Crippen MR) is 74.8 cm³/mol. The molecular formula is C14H20N4O2. The van der Waals surface area contributed by atoms with Crippen LogP contribution in [0.15, 0.2) is 24.4 Å². The smallest absolute Gasteiger partial charge is 0.236 e. The van der Waals surface area contributed by atoms with E-state index in [2.05, 4.69) is 10.3 Å². The number of piperazine rings is 1. The van der Waals surface area contributed by atoms with E-state index in [4.69, 9.17) is 0 Å². The van der Waals surface area contributed by atoms with Crippen LogP contribution in [0.25, 0.3) is 0 Å². The monoisotopic (exact) mass is 276 g/mol. The maximum absolute atomic E-state index is 12.0. The molecule has 2 heterocycles. The number of nitrogens with one attached hydrogen (secondary N) is 1. The van der Waals surface area contributed by atoms with Gasteiger partial charge in [0, 0.05) is 45.8 Å². The van der Waals surface area contributed by atoms with Gasteiger partial charge in [0.15, 0.2) is 0 Å². The highest BCUT2D eigenvalue weighted by Crippen LogP contribution is 2.02. The molecule has 1 N–H and O–H groups in total. The Balaban J connectivity index is 1.69. The van der Waals surface area contributed by atoms with Gasteiger partial charge < -0.3 is 15.1 Å². The third-order valence-corrected chi connectivity index (χ3v) is 3.39. The van der Waals surface area contributed by atoms with Crippen molar-refractivity contribution in [1.82, 2.24) is 20.1 Å². The molecule has 0 unspecified atom stereocenters. The maximum Gasteiger partial charge on any atom is 0.236 e. The van der Waals surface area contributed by atoms with E-state index in [1.807, 2.05) is 18.2 Å². The second-order valence-electron chi connectivity index (χ2n) is 4.81. The number of hydrogen-bond donors (Lipinski definition) is 1. The first-order valence-corrected chi connectivity index (χ1v) is 6.81. The van der Waals surface area contributed by atoms with E-state index in [0.717, 1.165) is 5.69 Å². The topological polar surface area (TPSA) is 65.5 Å². The Bertz CT molecular complexity index is 456. The van der Waals surface area contributed by atoms with Gasteiger partial charge in [-0.15, -0.1) is 0 Å². The fraction of sp³-hybridized carbons (Fsp3) is 0.500. The van der Waals surface area contributed by atoms with Crippen molar-refractivity contribution in [2.75, 3.05) is 32.7 Å². The first-order chi connectivity index (χ1) is 9.66. The molecule has 0 saturated carbocycles. The van der Waals surface area contributed by atoms with E-state index in [9.17, 15) is 9.59 Å². The lowest BCUT2D eigenvalue weighted by molar-refractivity contribution is -0.137. The fourth-order valence-electron chi connectivity index (χ4n) is 2.18. The van der Waals surface area contributed by atoms with Gasteiger partial charge >= 0.3 is 0 Å². The van der Waals surface area contributed by atoms with Crippen LogP contribution >= 0.6 is 0 Å². The molecule has 2 amide bonds. The summed E-state index contributed by atoms with van der Waals surface area (Å²) >= 11 is 0. The molecule has 1 aliphatic heterocycles. The van der Waals surface area contributed by atoms with Crippen molar-refractivity contribution in [3.05, 3.63) is 30.1 Å². The van der Waals surface area contributed by atoms with Gasteiger partial charge in [0.05, 0.1) is 12.2 Å². The van der Waals surface area contributed by atoms with Gasteiger partial charge in [-0.3, -0.25) is 14.6 Å². The number of carbonyl (C=O) groups is 2. The minimum atomic E-state index is 0.0733. The van der Waals surface area contributed by atoms with Crippen molar-refractivity contribution < 1.29 is 9.59 Å². The van der Waals surface area contributed by atoms with Crippen LogP contribution < -0.4 is 5.32 Å². The average Bonchev–Trinajstić information content (AvgIpc) is 2.48. The number of rotatable bonds is 4. The Labute approximate surface area is 118 Å². The lowest BCUT2D eigenvalue weighted by Crippen LogP contribution is -2.51. The summed E-state index contributed by atoms with van der Waals surface area (Å²) in [6, 6.07) is 5.71. The molecule has 6 heteroatoms. The van der Waals surface area contributed by atoms with E-state index in [1.54, 1.807) is 22.9 Å². The number of aromatic nitrogens is 1. The fourth-order valence-corrected chi connectivity index (χ4v) is 2.18. The third kappa shape index (κ3) is 4.03. The molecule has 0 atom stereocenters. The molecule has 1 aromatic rings. The third-order valence-electron chi connectivity index (χ3n) is 3.39. The zero-order valence-corrected chi connectivity index (χ0v) is 11.7. The molecule has 1 aromatic heterocycles. The Morgan fingerprint density at radius 2 is 1.90 bits per heavy atom. The highest BCUT2D eigenvalue weighted by molar-refractivity contribution is 5.79. The predicted octanol–water partition coefficient (Wildman–Crippen LogP) is -0.138. The molecule has 0 spiro atoms. The molecular weight excluding hydrogens is 256 g/mol. The molecule has 0 radical (unpaired) electrons. The van der Waals surface area contributed by atoms with Gasteiger partial charge in [-0.1, -0.05) is 6.07 Å². The largest absolute Gasteiger partial charge is 0.339 e. The normalized spacial score (nSPS) is 15.2. The molecule has 0 aromatic carbocycles. The van der Waals surface area contributed by atoms with Crippen LogP contribution in [0.3, 0.4) is 0 Å². The van der Waals surface area contributed by atoms with E-state index in [-0.39, 0.29) is 11.8 Å². The molecule has 1 fully saturated rings. The molecule has 2 rings (SSSR count). The van der Waals surface area contributed by atoms with Crippen molar-refractivity contribution in [3.8, 4) is 0 Å². The van der Waals surface area contributed by atoms with E-state index in [1.165, 1.54) is 0 Å². The van der Waals surface area contributed by atoms with Crippen LogP contribution in [0.1, 0.15) is 12.6 Å². The van der Waals surface area contributed by atoms with Crippen molar-refractivity contribution in [2.24, 2.45) is 0 Å². The van der Waals surface area contributed by atoms with Gasteiger partial charge in [0.2, 0.25) is 11.8 Å². The van der Waals surface area contributed by atoms with Gasteiger partial charge in [0.1, 0.15) is 0 Å². The average molecular weight is 276 g/mol. The first-order valence-electron chi connectivity index (χ1n) is 6.81. The first kappa shape index (κ1) is 14.5. The summed E-state index contributed by atoms with van der Waals surface area (Å²) in [5.74, 6) is 0.148. The zero-order chi connectivity index (χ0) is 14.4. The van der Waals surface area contributed by atoms with Gasteiger partial charge in [-0.2, -0.15) is 0 Å². The molecule has 6 nitrogen and oxygen atoms in total. The molecule has 1 saturated heterocycles. The summed E-state index contributed by atoms with van der Waals surface area (Å²) in [6.45, 7) is 4.93. The van der Waals surface area contributed by atoms with Crippen molar-refractivity contribution in [3.63, 3.8) is 0 Å². The second kappa shape index (κ2) is 7.00. The number of amides is 2. The van der Waals surface area contributed by atoms with Crippen molar-refractivity contribution in [1.29, 1.82) is 0 Å². The quantitative estimate of drug-likeness (QED) is 0.831. The Kier molecular flexibility index (Phi) is 5.06. The van der Waals surface area contributed by atoms with Crippen LogP contribution in [0.4, 0.5) is 0 Å². The molecule has 20 heavy (non-hydrogen) atoms. The summed E-state index contributed by atoms with van der Waals surface area (Å²) in [5.41, 5.74) is 0.918. The van der Waals surface area contributed by atoms with E-state index in [0.29, 0.717) is 39.3 Å². The van der Waals surface area contributed by atoms with E-state index >= 15 is 0 Å². The van der Waals surface area contributed by atoms with Gasteiger partial charge in [-0.25, -0.2) is 0 Å². The number of pyridine rings is 1. The van der Waals surface area contributed by atoms with Crippen LogP contribution in [0.2, 0.25) is 0 Å². The zero-order valence-electron chi connectivity index (χ0n) is 11.7. The molecule has 0 aliphatic carbocycles. The second-order valence-corrected chi connectivity index (χ2v) is 4.81. The molecule has 1 aliphatic rings. The Morgan fingerprint density at radius 1 is 1.20 bits per heavy atom. The summed E-state index contributed by atoms with van der Waals surface area (Å²) in [7, 11) is 0.